The van der Waals surface area contributed by atoms with E-state index in [2.05, 4.69) is 30.6 Å². The van der Waals surface area contributed by atoms with E-state index in [-0.39, 0.29) is 5.91 Å². The van der Waals surface area contributed by atoms with Crippen LogP contribution in [0.5, 0.6) is 0 Å². The minimum Gasteiger partial charge on any atom is -0.356 e. The summed E-state index contributed by atoms with van der Waals surface area (Å²) in [5.41, 5.74) is 1.53. The number of hydrogen-bond donors (Lipinski definition) is 2. The van der Waals surface area contributed by atoms with Crippen molar-refractivity contribution in [1.82, 2.24) is 10.6 Å². The number of rotatable bonds is 8. The molecule has 0 atom stereocenters. The van der Waals surface area contributed by atoms with E-state index in [1.807, 2.05) is 0 Å². The number of amides is 1. The molecular formula is C15H28N2O. The second-order valence-corrected chi connectivity index (χ2v) is 5.42. The zero-order valence-electron chi connectivity index (χ0n) is 11.9. The lowest BCUT2D eigenvalue weighted by atomic mass is 9.97. The molecule has 0 spiro atoms. The summed E-state index contributed by atoms with van der Waals surface area (Å²) in [5, 5.41) is 6.33. The molecule has 0 fully saturated rings. The van der Waals surface area contributed by atoms with Crippen LogP contribution in [0.1, 0.15) is 58.8 Å². The molecule has 0 saturated heterocycles. The fraction of sp³-hybridized carbons (Fsp3) is 0.800. The summed E-state index contributed by atoms with van der Waals surface area (Å²) >= 11 is 0. The summed E-state index contributed by atoms with van der Waals surface area (Å²) < 4.78 is 0. The summed E-state index contributed by atoms with van der Waals surface area (Å²) in [5.74, 6) is 0.192. The molecule has 3 heteroatoms. The van der Waals surface area contributed by atoms with Gasteiger partial charge in [-0.2, -0.15) is 0 Å². The number of hydrogen-bond acceptors (Lipinski definition) is 2. The van der Waals surface area contributed by atoms with Gasteiger partial charge in [0.25, 0.3) is 0 Å². The van der Waals surface area contributed by atoms with E-state index in [0.29, 0.717) is 12.5 Å². The first-order valence-corrected chi connectivity index (χ1v) is 7.36. The number of nitrogens with one attached hydrogen (secondary N) is 2. The molecule has 0 aromatic rings. The fourth-order valence-electron chi connectivity index (χ4n) is 2.22. The highest BCUT2D eigenvalue weighted by molar-refractivity contribution is 5.75. The highest BCUT2D eigenvalue weighted by atomic mass is 16.1. The zero-order valence-corrected chi connectivity index (χ0v) is 11.9. The van der Waals surface area contributed by atoms with Gasteiger partial charge in [-0.25, -0.2) is 0 Å². The zero-order chi connectivity index (χ0) is 13.2. The second kappa shape index (κ2) is 9.15. The van der Waals surface area contributed by atoms with Gasteiger partial charge in [0.2, 0.25) is 5.91 Å². The first-order chi connectivity index (χ1) is 8.68. The van der Waals surface area contributed by atoms with Gasteiger partial charge in [0, 0.05) is 19.0 Å². The van der Waals surface area contributed by atoms with Gasteiger partial charge in [-0.15, -0.1) is 0 Å². The molecule has 0 aromatic carbocycles. The van der Waals surface area contributed by atoms with Crippen LogP contribution >= 0.6 is 0 Å². The van der Waals surface area contributed by atoms with Crippen molar-refractivity contribution < 1.29 is 4.79 Å². The molecule has 1 aliphatic carbocycles. The van der Waals surface area contributed by atoms with Crippen molar-refractivity contribution >= 4 is 5.91 Å². The van der Waals surface area contributed by atoms with Gasteiger partial charge in [0.1, 0.15) is 0 Å². The largest absolute Gasteiger partial charge is 0.356 e. The lowest BCUT2D eigenvalue weighted by Gasteiger charge is -2.13. The Bertz CT molecular complexity index is 272. The van der Waals surface area contributed by atoms with E-state index in [0.717, 1.165) is 25.9 Å². The van der Waals surface area contributed by atoms with Gasteiger partial charge in [0.15, 0.2) is 0 Å². The molecule has 2 N–H and O–H groups in total. The Balaban J connectivity index is 1.98. The van der Waals surface area contributed by atoms with Crippen molar-refractivity contribution in [3.63, 3.8) is 0 Å². The Morgan fingerprint density at radius 2 is 2.17 bits per heavy atom. The van der Waals surface area contributed by atoms with Crippen LogP contribution < -0.4 is 10.6 Å². The highest BCUT2D eigenvalue weighted by Gasteiger charge is 2.05. The predicted molar refractivity (Wildman–Crippen MR) is 76.6 cm³/mol. The lowest BCUT2D eigenvalue weighted by Crippen LogP contribution is -2.28. The molecule has 0 heterocycles. The van der Waals surface area contributed by atoms with Crippen molar-refractivity contribution in [3.05, 3.63) is 11.6 Å². The van der Waals surface area contributed by atoms with Crippen LogP contribution in [0.2, 0.25) is 0 Å². The molecular weight excluding hydrogens is 224 g/mol. The molecule has 0 radical (unpaired) electrons. The smallest absolute Gasteiger partial charge is 0.220 e. The molecule has 1 amide bonds. The van der Waals surface area contributed by atoms with Gasteiger partial charge in [0.05, 0.1) is 0 Å². The average molecular weight is 252 g/mol. The van der Waals surface area contributed by atoms with Crippen LogP contribution in [-0.4, -0.2) is 25.0 Å². The minimum atomic E-state index is 0.192. The van der Waals surface area contributed by atoms with E-state index < -0.39 is 0 Å². The first-order valence-electron chi connectivity index (χ1n) is 7.36. The number of carbonyl (C=O) groups is 1. The van der Waals surface area contributed by atoms with E-state index >= 15 is 0 Å². The molecule has 0 aromatic heterocycles. The van der Waals surface area contributed by atoms with Crippen molar-refractivity contribution in [2.45, 2.75) is 64.8 Å². The van der Waals surface area contributed by atoms with Crippen LogP contribution in [-0.2, 0) is 4.79 Å². The lowest BCUT2D eigenvalue weighted by molar-refractivity contribution is -0.121. The quantitative estimate of drug-likeness (QED) is 0.515. The maximum absolute atomic E-state index is 11.6. The van der Waals surface area contributed by atoms with Gasteiger partial charge in [-0.1, -0.05) is 25.5 Å². The first kappa shape index (κ1) is 15.2. The Labute approximate surface area is 111 Å². The molecule has 0 unspecified atom stereocenters. The molecule has 1 rings (SSSR count). The summed E-state index contributed by atoms with van der Waals surface area (Å²) in [7, 11) is 0. The van der Waals surface area contributed by atoms with Crippen molar-refractivity contribution in [2.24, 2.45) is 0 Å². The maximum Gasteiger partial charge on any atom is 0.220 e. The molecule has 3 nitrogen and oxygen atoms in total. The van der Waals surface area contributed by atoms with Crippen LogP contribution in [0.4, 0.5) is 0 Å². The summed E-state index contributed by atoms with van der Waals surface area (Å²) in [6.45, 7) is 5.98. The average Bonchev–Trinajstić information content (AvgIpc) is 2.36. The molecule has 18 heavy (non-hydrogen) atoms. The predicted octanol–water partition coefficient (Wildman–Crippen LogP) is 2.77. The van der Waals surface area contributed by atoms with Crippen molar-refractivity contribution in [2.75, 3.05) is 13.1 Å². The van der Waals surface area contributed by atoms with Gasteiger partial charge in [-0.05, 0) is 45.1 Å². The Kier molecular flexibility index (Phi) is 7.74. The van der Waals surface area contributed by atoms with Crippen molar-refractivity contribution in [1.29, 1.82) is 0 Å². The summed E-state index contributed by atoms with van der Waals surface area (Å²) in [4.78, 5) is 11.6. The van der Waals surface area contributed by atoms with Gasteiger partial charge >= 0.3 is 0 Å². The highest BCUT2D eigenvalue weighted by Crippen LogP contribution is 2.19. The molecule has 104 valence electrons. The molecule has 0 saturated carbocycles. The maximum atomic E-state index is 11.6. The molecule has 0 aliphatic heterocycles. The minimum absolute atomic E-state index is 0.192. The number of carbonyl (C=O) groups excluding carboxylic acids is 1. The molecule has 0 bridgehead atoms. The normalized spacial score (nSPS) is 15.6. The topological polar surface area (TPSA) is 41.1 Å². The SMILES string of the molecule is CC(C)NCCCC(=O)NCCC1=CCCCC1. The standard InChI is InChI=1S/C15H28N2O/c1-13(2)16-11-6-9-15(18)17-12-10-14-7-4-3-5-8-14/h7,13,16H,3-6,8-12H2,1-2H3,(H,17,18). The van der Waals surface area contributed by atoms with Crippen LogP contribution in [0.25, 0.3) is 0 Å². The van der Waals surface area contributed by atoms with Crippen LogP contribution in [0.15, 0.2) is 11.6 Å². The monoisotopic (exact) mass is 252 g/mol. The summed E-state index contributed by atoms with van der Waals surface area (Å²) in [6.07, 6.45) is 10.1. The van der Waals surface area contributed by atoms with Crippen molar-refractivity contribution in [3.8, 4) is 0 Å². The van der Waals surface area contributed by atoms with Gasteiger partial charge < -0.3 is 10.6 Å². The third-order valence-corrected chi connectivity index (χ3v) is 3.29. The van der Waals surface area contributed by atoms with Crippen LogP contribution in [0, 0.1) is 0 Å². The third kappa shape index (κ3) is 7.49. The van der Waals surface area contributed by atoms with E-state index in [9.17, 15) is 4.79 Å². The van der Waals surface area contributed by atoms with Crippen LogP contribution in [0.3, 0.4) is 0 Å². The fourth-order valence-corrected chi connectivity index (χ4v) is 2.22. The molecule has 1 aliphatic rings. The second-order valence-electron chi connectivity index (χ2n) is 5.42. The Hall–Kier alpha value is -0.830. The number of allylic oxidation sites excluding steroid dienone is 1. The van der Waals surface area contributed by atoms with E-state index in [1.54, 1.807) is 0 Å². The summed E-state index contributed by atoms with van der Waals surface area (Å²) in [6, 6.07) is 0.506. The van der Waals surface area contributed by atoms with Gasteiger partial charge in [-0.3, -0.25) is 4.79 Å². The van der Waals surface area contributed by atoms with E-state index in [1.165, 1.54) is 31.3 Å². The Morgan fingerprint density at radius 1 is 1.33 bits per heavy atom. The third-order valence-electron chi connectivity index (χ3n) is 3.29. The Morgan fingerprint density at radius 3 is 2.83 bits per heavy atom. The van der Waals surface area contributed by atoms with E-state index in [4.69, 9.17) is 0 Å².